The first-order valence-corrected chi connectivity index (χ1v) is 7.04. The number of nitrogens with one attached hydrogen (secondary N) is 1. The third-order valence-electron chi connectivity index (χ3n) is 3.00. The number of rotatable bonds is 3. The van der Waals surface area contributed by atoms with Crippen LogP contribution < -0.4 is 4.90 Å². The molecule has 2 aromatic rings. The van der Waals surface area contributed by atoms with Crippen LogP contribution in [0.1, 0.15) is 18.3 Å². The molecule has 0 aliphatic carbocycles. The van der Waals surface area contributed by atoms with E-state index in [2.05, 4.69) is 43.8 Å². The van der Waals surface area contributed by atoms with Gasteiger partial charge in [0.1, 0.15) is 5.82 Å². The van der Waals surface area contributed by atoms with E-state index < -0.39 is 0 Å². The lowest BCUT2D eigenvalue weighted by Gasteiger charge is -2.30. The van der Waals surface area contributed by atoms with Gasteiger partial charge < -0.3 is 9.64 Å². The van der Waals surface area contributed by atoms with Gasteiger partial charge in [0.2, 0.25) is 5.95 Å². The van der Waals surface area contributed by atoms with Crippen molar-refractivity contribution in [3.05, 3.63) is 28.2 Å². The molecule has 1 saturated heterocycles. The van der Waals surface area contributed by atoms with Crippen molar-refractivity contribution >= 4 is 17.3 Å². The molecule has 0 bridgehead atoms. The molecule has 96 valence electrons. The van der Waals surface area contributed by atoms with E-state index in [0.29, 0.717) is 0 Å². The average molecular weight is 264 g/mol. The van der Waals surface area contributed by atoms with E-state index in [-0.39, 0.29) is 6.10 Å². The van der Waals surface area contributed by atoms with Gasteiger partial charge in [-0.15, -0.1) is 5.10 Å². The number of nitrogens with zero attached hydrogens (tertiary/aromatic N) is 3. The number of hydrogen-bond acceptors (Lipinski definition) is 5. The Labute approximate surface area is 110 Å². The molecular formula is C12H16N4OS. The molecule has 0 spiro atoms. The summed E-state index contributed by atoms with van der Waals surface area (Å²) in [4.78, 5) is 6.72. The highest BCUT2D eigenvalue weighted by Gasteiger charge is 2.20. The molecular weight excluding hydrogens is 248 g/mol. The van der Waals surface area contributed by atoms with Gasteiger partial charge >= 0.3 is 0 Å². The highest BCUT2D eigenvalue weighted by atomic mass is 32.1. The summed E-state index contributed by atoms with van der Waals surface area (Å²) in [5, 5.41) is 11.5. The van der Waals surface area contributed by atoms with Gasteiger partial charge in [-0.3, -0.25) is 5.10 Å². The molecule has 0 saturated carbocycles. The molecule has 0 amide bonds. The largest absolute Gasteiger partial charge is 0.375 e. The lowest BCUT2D eigenvalue weighted by atomic mass is 10.2. The number of H-pyrrole nitrogens is 1. The van der Waals surface area contributed by atoms with Crippen LogP contribution in [-0.2, 0) is 11.2 Å². The Morgan fingerprint density at radius 3 is 3.33 bits per heavy atom. The molecule has 1 unspecified atom stereocenters. The number of aromatic amines is 1. The highest BCUT2D eigenvalue weighted by Crippen LogP contribution is 2.15. The van der Waals surface area contributed by atoms with Crippen LogP contribution in [0.4, 0.5) is 5.95 Å². The van der Waals surface area contributed by atoms with Crippen LogP contribution in [0.2, 0.25) is 0 Å². The summed E-state index contributed by atoms with van der Waals surface area (Å²) in [7, 11) is 0. The topological polar surface area (TPSA) is 54.0 Å². The second kappa shape index (κ2) is 5.07. The third-order valence-corrected chi connectivity index (χ3v) is 3.73. The zero-order valence-electron chi connectivity index (χ0n) is 10.3. The van der Waals surface area contributed by atoms with Crippen LogP contribution in [-0.4, -0.2) is 41.0 Å². The van der Waals surface area contributed by atoms with Crippen molar-refractivity contribution in [1.82, 2.24) is 15.2 Å². The molecule has 1 fully saturated rings. The number of ether oxygens (including phenoxy) is 1. The number of anilines is 1. The summed E-state index contributed by atoms with van der Waals surface area (Å²) in [5.41, 5.74) is 1.28. The van der Waals surface area contributed by atoms with Crippen LogP contribution in [0.25, 0.3) is 0 Å². The first kappa shape index (κ1) is 11.7. The molecule has 1 aliphatic heterocycles. The summed E-state index contributed by atoms with van der Waals surface area (Å²) in [5.74, 6) is 1.71. The smallest absolute Gasteiger partial charge is 0.244 e. The maximum Gasteiger partial charge on any atom is 0.244 e. The summed E-state index contributed by atoms with van der Waals surface area (Å²) >= 11 is 1.70. The third kappa shape index (κ3) is 2.54. The van der Waals surface area contributed by atoms with Crippen molar-refractivity contribution in [1.29, 1.82) is 0 Å². The van der Waals surface area contributed by atoms with Crippen LogP contribution >= 0.6 is 11.3 Å². The van der Waals surface area contributed by atoms with Gasteiger partial charge in [0, 0.05) is 19.5 Å². The number of morpholine rings is 1. The number of aromatic nitrogens is 3. The molecule has 0 radical (unpaired) electrons. The molecule has 3 heterocycles. The number of thiophene rings is 1. The molecule has 6 heteroatoms. The van der Waals surface area contributed by atoms with E-state index in [9.17, 15) is 0 Å². The lowest BCUT2D eigenvalue weighted by Crippen LogP contribution is -2.41. The van der Waals surface area contributed by atoms with Gasteiger partial charge in [-0.2, -0.15) is 16.3 Å². The molecule has 1 atom stereocenters. The summed E-state index contributed by atoms with van der Waals surface area (Å²) in [6.07, 6.45) is 1.06. The van der Waals surface area contributed by atoms with Gasteiger partial charge in [-0.25, -0.2) is 0 Å². The second-order valence-electron chi connectivity index (χ2n) is 4.52. The first-order chi connectivity index (χ1) is 8.81. The SMILES string of the molecule is CC1CN(c2n[nH]c(Cc3ccsc3)n2)CCO1. The Kier molecular flexibility index (Phi) is 3.29. The van der Waals surface area contributed by atoms with Crippen LogP contribution in [0.3, 0.4) is 0 Å². The normalized spacial score (nSPS) is 20.3. The fraction of sp³-hybridized carbons (Fsp3) is 0.500. The van der Waals surface area contributed by atoms with E-state index in [1.54, 1.807) is 11.3 Å². The fourth-order valence-corrected chi connectivity index (χ4v) is 2.76. The average Bonchev–Trinajstić information content (AvgIpc) is 3.01. The Morgan fingerprint density at radius 2 is 2.56 bits per heavy atom. The van der Waals surface area contributed by atoms with Crippen molar-refractivity contribution in [2.24, 2.45) is 0 Å². The van der Waals surface area contributed by atoms with E-state index >= 15 is 0 Å². The zero-order valence-corrected chi connectivity index (χ0v) is 11.1. The minimum atomic E-state index is 0.248. The quantitative estimate of drug-likeness (QED) is 0.916. The molecule has 1 N–H and O–H groups in total. The van der Waals surface area contributed by atoms with Crippen LogP contribution in [0.5, 0.6) is 0 Å². The van der Waals surface area contributed by atoms with Gasteiger partial charge in [0.25, 0.3) is 0 Å². The molecule has 18 heavy (non-hydrogen) atoms. The van der Waals surface area contributed by atoms with Gasteiger partial charge in [-0.1, -0.05) is 0 Å². The summed E-state index contributed by atoms with van der Waals surface area (Å²) in [6, 6.07) is 2.11. The van der Waals surface area contributed by atoms with Crippen molar-refractivity contribution in [3.63, 3.8) is 0 Å². The highest BCUT2D eigenvalue weighted by molar-refractivity contribution is 7.07. The predicted octanol–water partition coefficient (Wildman–Crippen LogP) is 1.68. The number of hydrogen-bond donors (Lipinski definition) is 1. The summed E-state index contributed by atoms with van der Waals surface area (Å²) < 4.78 is 5.52. The Morgan fingerprint density at radius 1 is 1.61 bits per heavy atom. The second-order valence-corrected chi connectivity index (χ2v) is 5.30. The van der Waals surface area contributed by atoms with E-state index in [1.165, 1.54) is 5.56 Å². The van der Waals surface area contributed by atoms with Crippen LogP contribution in [0, 0.1) is 0 Å². The van der Waals surface area contributed by atoms with Crippen molar-refractivity contribution in [3.8, 4) is 0 Å². The van der Waals surface area contributed by atoms with Crippen molar-refractivity contribution < 1.29 is 4.74 Å². The van der Waals surface area contributed by atoms with Gasteiger partial charge in [0.05, 0.1) is 12.7 Å². The minimum Gasteiger partial charge on any atom is -0.375 e. The maximum atomic E-state index is 5.52. The van der Waals surface area contributed by atoms with E-state index in [4.69, 9.17) is 4.74 Å². The standard InChI is InChI=1S/C12H16N4OS/c1-9-7-16(3-4-17-9)12-13-11(14-15-12)6-10-2-5-18-8-10/h2,5,8-9H,3-4,6-7H2,1H3,(H,13,14,15). The van der Waals surface area contributed by atoms with Gasteiger partial charge in [-0.05, 0) is 29.3 Å². The Hall–Kier alpha value is -1.40. The van der Waals surface area contributed by atoms with Crippen LogP contribution in [0.15, 0.2) is 16.8 Å². The molecule has 2 aromatic heterocycles. The molecule has 3 rings (SSSR count). The molecule has 0 aromatic carbocycles. The van der Waals surface area contributed by atoms with E-state index in [1.807, 2.05) is 0 Å². The van der Waals surface area contributed by atoms with Crippen molar-refractivity contribution in [2.45, 2.75) is 19.4 Å². The Balaban J connectivity index is 1.69. The molecule has 5 nitrogen and oxygen atoms in total. The maximum absolute atomic E-state index is 5.52. The monoisotopic (exact) mass is 264 g/mol. The minimum absolute atomic E-state index is 0.248. The fourth-order valence-electron chi connectivity index (χ4n) is 2.09. The van der Waals surface area contributed by atoms with E-state index in [0.717, 1.165) is 37.9 Å². The zero-order chi connectivity index (χ0) is 12.4. The first-order valence-electron chi connectivity index (χ1n) is 6.10. The summed E-state index contributed by atoms with van der Waals surface area (Å²) in [6.45, 7) is 4.54. The molecule has 1 aliphatic rings. The lowest BCUT2D eigenvalue weighted by molar-refractivity contribution is 0.0526. The van der Waals surface area contributed by atoms with Gasteiger partial charge in [0.15, 0.2) is 0 Å². The van der Waals surface area contributed by atoms with Crippen molar-refractivity contribution in [2.75, 3.05) is 24.6 Å². The Bertz CT molecular complexity index is 496. The predicted molar refractivity (Wildman–Crippen MR) is 71.1 cm³/mol.